The van der Waals surface area contributed by atoms with Crippen molar-refractivity contribution in [1.29, 1.82) is 0 Å². The van der Waals surface area contributed by atoms with Gasteiger partial charge in [-0.3, -0.25) is 23.7 Å². The molecular formula is C22H22N4O6S2. The molecule has 2 aromatic rings. The summed E-state index contributed by atoms with van der Waals surface area (Å²) < 4.78 is 1.37. The molecule has 5 amide bonds. The summed E-state index contributed by atoms with van der Waals surface area (Å²) in [7, 11) is 0. The van der Waals surface area contributed by atoms with Gasteiger partial charge in [-0.15, -0.1) is 0 Å². The molecule has 2 fully saturated rings. The monoisotopic (exact) mass is 502 g/mol. The Hall–Kier alpha value is -3.12. The molecular weight excluding hydrogens is 480 g/mol. The Morgan fingerprint density at radius 1 is 1.03 bits per heavy atom. The maximum atomic E-state index is 13.1. The van der Waals surface area contributed by atoms with Crippen molar-refractivity contribution >= 4 is 46.9 Å². The van der Waals surface area contributed by atoms with E-state index in [9.17, 15) is 29.1 Å². The lowest BCUT2D eigenvalue weighted by Crippen LogP contribution is -2.41. The number of hydrogen-bond acceptors (Lipinski definition) is 8. The van der Waals surface area contributed by atoms with Crippen molar-refractivity contribution in [2.24, 2.45) is 11.7 Å². The fourth-order valence-corrected chi connectivity index (χ4v) is 7.67. The van der Waals surface area contributed by atoms with E-state index in [1.165, 1.54) is 16.7 Å². The van der Waals surface area contributed by atoms with Crippen molar-refractivity contribution in [3.8, 4) is 5.75 Å². The number of piperidine rings is 1. The second kappa shape index (κ2) is 8.58. The minimum Gasteiger partial charge on any atom is -0.508 e. The molecule has 3 atom stereocenters. The summed E-state index contributed by atoms with van der Waals surface area (Å²) in [5, 5.41) is 9.22. The van der Waals surface area contributed by atoms with Crippen molar-refractivity contribution in [3.63, 3.8) is 0 Å². The number of carbonyl (C=O) groups is 4. The maximum Gasteiger partial charge on any atom is 0.328 e. The van der Waals surface area contributed by atoms with Crippen LogP contribution in [0.2, 0.25) is 0 Å². The SMILES string of the molecule is NC(=O)N1C(=O)C2Sc3c(sc(=O)n3CC(=O)N3CCCCC3)[C@@H](c3ccc(O)cc3)C2C1=O. The second-order valence-electron chi connectivity index (χ2n) is 8.55. The van der Waals surface area contributed by atoms with Gasteiger partial charge in [-0.25, -0.2) is 4.79 Å². The molecule has 34 heavy (non-hydrogen) atoms. The molecule has 1 aromatic carbocycles. The summed E-state index contributed by atoms with van der Waals surface area (Å²) in [6.07, 6.45) is 2.91. The van der Waals surface area contributed by atoms with Crippen LogP contribution in [-0.2, 0) is 20.9 Å². The average Bonchev–Trinajstić information content (AvgIpc) is 3.26. The number of likely N-dealkylation sites (tertiary alicyclic amines) is 2. The number of phenols is 1. The van der Waals surface area contributed by atoms with Gasteiger partial charge >= 0.3 is 10.9 Å². The summed E-state index contributed by atoms with van der Waals surface area (Å²) in [6.45, 7) is 1.14. The smallest absolute Gasteiger partial charge is 0.328 e. The summed E-state index contributed by atoms with van der Waals surface area (Å²) in [5.74, 6) is -3.22. The van der Waals surface area contributed by atoms with Crippen LogP contribution in [0.5, 0.6) is 5.75 Å². The van der Waals surface area contributed by atoms with Crippen molar-refractivity contribution in [1.82, 2.24) is 14.4 Å². The third-order valence-corrected chi connectivity index (χ3v) is 9.13. The number of thiazole rings is 1. The van der Waals surface area contributed by atoms with Crippen LogP contribution in [0.25, 0.3) is 0 Å². The van der Waals surface area contributed by atoms with Gasteiger partial charge in [0.05, 0.1) is 10.9 Å². The zero-order chi connectivity index (χ0) is 24.1. The third-order valence-electron chi connectivity index (χ3n) is 6.52. The Labute approximate surface area is 202 Å². The first kappa shape index (κ1) is 22.7. The molecule has 3 aliphatic heterocycles. The standard InChI is InChI=1S/C22H22N4O6S2/c23-21(31)26-18(29)15-14(11-4-6-12(27)7-5-11)17-20(33-16(15)19(26)30)25(22(32)34-17)10-13(28)24-8-2-1-3-9-24/h4-7,14-16,27H,1-3,8-10H2,(H2,23,31)/t14-,15?,16?/m0/s1. The molecule has 178 valence electrons. The van der Waals surface area contributed by atoms with E-state index < -0.39 is 34.9 Å². The Morgan fingerprint density at radius 2 is 1.71 bits per heavy atom. The van der Waals surface area contributed by atoms with E-state index >= 15 is 0 Å². The molecule has 1 aromatic heterocycles. The minimum absolute atomic E-state index is 0.0242. The number of benzene rings is 1. The van der Waals surface area contributed by atoms with Crippen molar-refractivity contribution in [2.75, 3.05) is 13.1 Å². The fourth-order valence-electron chi connectivity index (χ4n) is 4.89. The quantitative estimate of drug-likeness (QED) is 0.602. The van der Waals surface area contributed by atoms with Crippen LogP contribution in [0.1, 0.15) is 35.6 Å². The van der Waals surface area contributed by atoms with Crippen LogP contribution >= 0.6 is 23.1 Å². The topological polar surface area (TPSA) is 143 Å². The van der Waals surface area contributed by atoms with E-state index in [1.807, 2.05) is 0 Å². The summed E-state index contributed by atoms with van der Waals surface area (Å²) in [6, 6.07) is 5.01. The molecule has 3 N–H and O–H groups in total. The summed E-state index contributed by atoms with van der Waals surface area (Å²) in [4.78, 5) is 66.4. The molecule has 4 heterocycles. The van der Waals surface area contributed by atoms with Gasteiger partial charge in [-0.05, 0) is 37.0 Å². The van der Waals surface area contributed by atoms with Crippen LogP contribution in [0.15, 0.2) is 34.1 Å². The van der Waals surface area contributed by atoms with E-state index in [2.05, 4.69) is 0 Å². The molecule has 0 aliphatic carbocycles. The van der Waals surface area contributed by atoms with Crippen LogP contribution in [0, 0.1) is 5.92 Å². The van der Waals surface area contributed by atoms with Crippen LogP contribution in [-0.4, -0.2) is 61.6 Å². The Balaban J connectivity index is 1.59. The fraction of sp³-hybridized carbons (Fsp3) is 0.409. The van der Waals surface area contributed by atoms with E-state index in [1.54, 1.807) is 17.0 Å². The molecule has 10 nitrogen and oxygen atoms in total. The summed E-state index contributed by atoms with van der Waals surface area (Å²) >= 11 is 1.96. The van der Waals surface area contributed by atoms with Gasteiger partial charge in [0.2, 0.25) is 11.8 Å². The van der Waals surface area contributed by atoms with Gasteiger partial charge < -0.3 is 15.7 Å². The number of nitrogens with zero attached hydrogens (tertiary/aromatic N) is 3. The molecule has 2 unspecified atom stereocenters. The van der Waals surface area contributed by atoms with Gasteiger partial charge in [-0.2, -0.15) is 4.90 Å². The third kappa shape index (κ3) is 3.61. The molecule has 0 saturated carbocycles. The van der Waals surface area contributed by atoms with E-state index in [4.69, 9.17) is 5.73 Å². The Bertz CT molecular complexity index is 1250. The van der Waals surface area contributed by atoms with Crippen molar-refractivity contribution in [2.45, 2.75) is 42.0 Å². The number of urea groups is 1. The van der Waals surface area contributed by atoms with Crippen LogP contribution in [0.3, 0.4) is 0 Å². The lowest BCUT2D eigenvalue weighted by Gasteiger charge is -2.31. The summed E-state index contributed by atoms with van der Waals surface area (Å²) in [5.41, 5.74) is 5.93. The average molecular weight is 503 g/mol. The molecule has 5 rings (SSSR count). The number of fused-ring (bicyclic) bond motifs is 2. The number of imide groups is 3. The van der Waals surface area contributed by atoms with Crippen molar-refractivity contribution in [3.05, 3.63) is 44.4 Å². The number of aromatic nitrogens is 1. The zero-order valence-electron chi connectivity index (χ0n) is 18.0. The van der Waals surface area contributed by atoms with Gasteiger partial charge in [-0.1, -0.05) is 35.2 Å². The number of aromatic hydroxyl groups is 1. The van der Waals surface area contributed by atoms with Crippen LogP contribution in [0.4, 0.5) is 4.79 Å². The normalized spacial score (nSPS) is 24.2. The number of rotatable bonds is 3. The highest BCUT2D eigenvalue weighted by molar-refractivity contribution is 8.00. The Morgan fingerprint density at radius 3 is 2.35 bits per heavy atom. The molecule has 3 aliphatic rings. The van der Waals surface area contributed by atoms with Gasteiger partial charge in [0.1, 0.15) is 17.5 Å². The van der Waals surface area contributed by atoms with E-state index in [-0.39, 0.29) is 23.1 Å². The molecule has 0 radical (unpaired) electrons. The van der Waals surface area contributed by atoms with Gasteiger partial charge in [0.25, 0.3) is 5.91 Å². The molecule has 0 bridgehead atoms. The predicted octanol–water partition coefficient (Wildman–Crippen LogP) is 1.30. The lowest BCUT2D eigenvalue weighted by atomic mass is 9.83. The van der Waals surface area contributed by atoms with Crippen molar-refractivity contribution < 1.29 is 24.3 Å². The maximum absolute atomic E-state index is 13.1. The number of amides is 5. The number of hydrogen-bond donors (Lipinski definition) is 2. The first-order valence-corrected chi connectivity index (χ1v) is 12.6. The molecule has 12 heteroatoms. The van der Waals surface area contributed by atoms with Gasteiger partial charge in [0, 0.05) is 23.9 Å². The first-order chi connectivity index (χ1) is 16.3. The molecule has 2 saturated heterocycles. The predicted molar refractivity (Wildman–Crippen MR) is 124 cm³/mol. The molecule has 0 spiro atoms. The second-order valence-corrected chi connectivity index (χ2v) is 10.7. The largest absolute Gasteiger partial charge is 0.508 e. The lowest BCUT2D eigenvalue weighted by molar-refractivity contribution is -0.136. The number of nitrogens with two attached hydrogens (primary N) is 1. The van der Waals surface area contributed by atoms with E-state index in [0.717, 1.165) is 42.4 Å². The highest BCUT2D eigenvalue weighted by Crippen LogP contribution is 2.53. The van der Waals surface area contributed by atoms with E-state index in [0.29, 0.717) is 33.5 Å². The highest BCUT2D eigenvalue weighted by Gasteiger charge is 2.57. The zero-order valence-corrected chi connectivity index (χ0v) is 19.6. The Kier molecular flexibility index (Phi) is 5.72. The number of primary amides is 1. The highest BCUT2D eigenvalue weighted by atomic mass is 32.2. The number of phenolic OH excluding ortho intramolecular Hbond substituents is 1. The first-order valence-electron chi connectivity index (χ1n) is 10.9. The number of thioether (sulfide) groups is 1. The van der Waals surface area contributed by atoms with Crippen LogP contribution < -0.4 is 10.6 Å². The number of carbonyl (C=O) groups excluding carboxylic acids is 4. The minimum atomic E-state index is -1.14. The van der Waals surface area contributed by atoms with Gasteiger partial charge in [0.15, 0.2) is 0 Å².